The first-order valence-electron chi connectivity index (χ1n) is 7.08. The van der Waals surface area contributed by atoms with Crippen LogP contribution in [0.4, 0.5) is 5.69 Å². The fraction of sp³-hybridized carbons (Fsp3) is 0.250. The molecule has 7 heteroatoms. The number of para-hydroxylation sites is 1. The van der Waals surface area contributed by atoms with Gasteiger partial charge in [0.1, 0.15) is 6.07 Å². The smallest absolute Gasteiger partial charge is 0.251 e. The average molecular weight is 328 g/mol. The maximum atomic E-state index is 12.4. The molecule has 0 bridgehead atoms. The Balaban J connectivity index is 2.15. The van der Waals surface area contributed by atoms with E-state index in [1.54, 1.807) is 31.2 Å². The van der Waals surface area contributed by atoms with Crippen molar-refractivity contribution in [1.29, 1.82) is 5.26 Å². The van der Waals surface area contributed by atoms with Crippen LogP contribution in [-0.4, -0.2) is 21.1 Å². The van der Waals surface area contributed by atoms with Crippen LogP contribution < -0.4 is 10.9 Å². The lowest BCUT2D eigenvalue weighted by molar-refractivity contribution is -0.115. The molecule has 2 rings (SSSR count). The van der Waals surface area contributed by atoms with Crippen molar-refractivity contribution in [2.24, 2.45) is 0 Å². The summed E-state index contributed by atoms with van der Waals surface area (Å²) in [4.78, 5) is 30.7. The van der Waals surface area contributed by atoms with Gasteiger partial charge in [-0.15, -0.1) is 0 Å². The predicted octanol–water partition coefficient (Wildman–Crippen LogP) is 2.46. The van der Waals surface area contributed by atoms with E-state index in [4.69, 9.17) is 5.26 Å². The van der Waals surface area contributed by atoms with Crippen molar-refractivity contribution in [1.82, 2.24) is 9.97 Å². The van der Waals surface area contributed by atoms with Gasteiger partial charge in [-0.05, 0) is 25.5 Å². The van der Waals surface area contributed by atoms with Crippen LogP contribution in [0.5, 0.6) is 0 Å². The summed E-state index contributed by atoms with van der Waals surface area (Å²) in [5.41, 5.74) is 1.24. The summed E-state index contributed by atoms with van der Waals surface area (Å²) in [5, 5.41) is 11.8. The summed E-state index contributed by atoms with van der Waals surface area (Å²) < 4.78 is 0. The van der Waals surface area contributed by atoms with Gasteiger partial charge in [0.25, 0.3) is 5.56 Å². The molecule has 0 saturated carbocycles. The van der Waals surface area contributed by atoms with Crippen molar-refractivity contribution < 1.29 is 4.79 Å². The zero-order chi connectivity index (χ0) is 16.8. The lowest BCUT2D eigenvalue weighted by Crippen LogP contribution is -2.25. The number of nitrogens with one attached hydrogen (secondary N) is 2. The molecule has 2 N–H and O–H groups in total. The standard InChI is InChI=1S/C16H16N4O2S/c1-3-13(23-16-18-10(2)8-14(21)20-16)15(22)19-12-7-5-4-6-11(12)9-17/h4-8,13H,3H2,1-2H3,(H,19,22)(H,18,20,21)/t13-/m0/s1. The molecule has 0 aliphatic heterocycles. The minimum absolute atomic E-state index is 0.232. The molecule has 0 spiro atoms. The van der Waals surface area contributed by atoms with E-state index in [-0.39, 0.29) is 11.5 Å². The topological polar surface area (TPSA) is 98.6 Å². The van der Waals surface area contributed by atoms with Gasteiger partial charge in [-0.25, -0.2) is 4.98 Å². The van der Waals surface area contributed by atoms with Gasteiger partial charge in [0.05, 0.1) is 16.5 Å². The van der Waals surface area contributed by atoms with Gasteiger partial charge in [0.2, 0.25) is 5.91 Å². The predicted molar refractivity (Wildman–Crippen MR) is 89.3 cm³/mol. The highest BCUT2D eigenvalue weighted by Crippen LogP contribution is 2.23. The van der Waals surface area contributed by atoms with E-state index in [1.807, 2.05) is 13.0 Å². The largest absolute Gasteiger partial charge is 0.324 e. The van der Waals surface area contributed by atoms with Crippen molar-refractivity contribution in [3.05, 3.63) is 51.9 Å². The molecule has 1 heterocycles. The molecule has 0 unspecified atom stereocenters. The van der Waals surface area contributed by atoms with Crippen molar-refractivity contribution in [2.45, 2.75) is 30.7 Å². The number of aryl methyl sites for hydroxylation is 1. The van der Waals surface area contributed by atoms with Crippen molar-refractivity contribution in [3.63, 3.8) is 0 Å². The highest BCUT2D eigenvalue weighted by molar-refractivity contribution is 8.00. The van der Waals surface area contributed by atoms with Crippen molar-refractivity contribution in [3.8, 4) is 6.07 Å². The van der Waals surface area contributed by atoms with Crippen molar-refractivity contribution >= 4 is 23.4 Å². The number of nitrogens with zero attached hydrogens (tertiary/aromatic N) is 2. The number of carbonyl (C=O) groups excluding carboxylic acids is 1. The second-order valence-corrected chi connectivity index (χ2v) is 6.04. The van der Waals surface area contributed by atoms with Gasteiger partial charge in [0, 0.05) is 11.8 Å². The molecule has 0 aliphatic carbocycles. The number of benzene rings is 1. The Morgan fingerprint density at radius 1 is 1.48 bits per heavy atom. The Hall–Kier alpha value is -2.59. The average Bonchev–Trinajstić information content (AvgIpc) is 2.52. The lowest BCUT2D eigenvalue weighted by atomic mass is 10.2. The minimum atomic E-state index is -0.424. The third-order valence-electron chi connectivity index (χ3n) is 3.07. The van der Waals surface area contributed by atoms with Gasteiger partial charge in [0.15, 0.2) is 5.16 Å². The molecular weight excluding hydrogens is 312 g/mol. The molecule has 1 atom stereocenters. The van der Waals surface area contributed by atoms with Gasteiger partial charge in [-0.2, -0.15) is 5.26 Å². The molecule has 0 saturated heterocycles. The fourth-order valence-electron chi connectivity index (χ4n) is 1.97. The number of carbonyl (C=O) groups is 1. The molecule has 23 heavy (non-hydrogen) atoms. The number of hydrogen-bond donors (Lipinski definition) is 2. The number of H-pyrrole nitrogens is 1. The van der Waals surface area contributed by atoms with Crippen LogP contribution in [-0.2, 0) is 4.79 Å². The van der Waals surface area contributed by atoms with E-state index in [2.05, 4.69) is 15.3 Å². The van der Waals surface area contributed by atoms with Gasteiger partial charge < -0.3 is 10.3 Å². The van der Waals surface area contributed by atoms with Gasteiger partial charge in [-0.1, -0.05) is 30.8 Å². The molecule has 0 fully saturated rings. The zero-order valence-corrected chi connectivity index (χ0v) is 13.6. The first-order chi connectivity index (χ1) is 11.0. The van der Waals surface area contributed by atoms with Gasteiger partial charge in [-0.3, -0.25) is 9.59 Å². The Labute approximate surface area is 138 Å². The highest BCUT2D eigenvalue weighted by atomic mass is 32.2. The third kappa shape index (κ3) is 4.44. The van der Waals surface area contributed by atoms with Crippen LogP contribution >= 0.6 is 11.8 Å². The van der Waals surface area contributed by atoms with Crippen LogP contribution in [0.25, 0.3) is 0 Å². The maximum Gasteiger partial charge on any atom is 0.251 e. The van der Waals surface area contributed by atoms with Crippen LogP contribution in [0.15, 0.2) is 40.3 Å². The van der Waals surface area contributed by atoms with E-state index in [0.29, 0.717) is 28.5 Å². The first-order valence-corrected chi connectivity index (χ1v) is 7.96. The first kappa shape index (κ1) is 16.8. The minimum Gasteiger partial charge on any atom is -0.324 e. The molecule has 118 valence electrons. The molecule has 1 amide bonds. The number of hydrogen-bond acceptors (Lipinski definition) is 5. The molecule has 2 aromatic rings. The van der Waals surface area contributed by atoms with Gasteiger partial charge >= 0.3 is 0 Å². The Morgan fingerprint density at radius 3 is 2.87 bits per heavy atom. The lowest BCUT2D eigenvalue weighted by Gasteiger charge is -2.14. The maximum absolute atomic E-state index is 12.4. The van der Waals surface area contributed by atoms with E-state index >= 15 is 0 Å². The number of rotatable bonds is 5. The molecular formula is C16H16N4O2S. The normalized spacial score (nSPS) is 11.5. The molecule has 0 radical (unpaired) electrons. The number of amides is 1. The second kappa shape index (κ2) is 7.61. The third-order valence-corrected chi connectivity index (χ3v) is 4.32. The number of thioether (sulfide) groups is 1. The summed E-state index contributed by atoms with van der Waals surface area (Å²) in [6.07, 6.45) is 0.558. The highest BCUT2D eigenvalue weighted by Gasteiger charge is 2.20. The molecule has 0 aliphatic rings. The van der Waals surface area contributed by atoms with Crippen LogP contribution in [0.1, 0.15) is 24.6 Å². The van der Waals surface area contributed by atoms with Crippen molar-refractivity contribution in [2.75, 3.05) is 5.32 Å². The van der Waals surface area contributed by atoms with E-state index in [9.17, 15) is 9.59 Å². The zero-order valence-electron chi connectivity index (χ0n) is 12.8. The Kier molecular flexibility index (Phi) is 5.55. The Morgan fingerprint density at radius 2 is 2.22 bits per heavy atom. The SMILES string of the molecule is CC[C@H](Sc1nc(C)cc(=O)[nH]1)C(=O)Nc1ccccc1C#N. The summed E-state index contributed by atoms with van der Waals surface area (Å²) in [5.74, 6) is -0.232. The van der Waals surface area contributed by atoms with Crippen LogP contribution in [0, 0.1) is 18.3 Å². The number of nitriles is 1. The summed E-state index contributed by atoms with van der Waals surface area (Å²) in [7, 11) is 0. The molecule has 1 aromatic heterocycles. The fourth-order valence-corrected chi connectivity index (χ4v) is 2.93. The summed E-state index contributed by atoms with van der Waals surface area (Å²) in [6.45, 7) is 3.60. The van der Waals surface area contributed by atoms with E-state index < -0.39 is 5.25 Å². The summed E-state index contributed by atoms with van der Waals surface area (Å²) >= 11 is 1.20. The van der Waals surface area contributed by atoms with Crippen LogP contribution in [0.3, 0.4) is 0 Å². The van der Waals surface area contributed by atoms with E-state index in [1.165, 1.54) is 17.8 Å². The van der Waals surface area contributed by atoms with Crippen LogP contribution in [0.2, 0.25) is 0 Å². The van der Waals surface area contributed by atoms with E-state index in [0.717, 1.165) is 0 Å². The second-order valence-electron chi connectivity index (χ2n) is 4.85. The number of aromatic amines is 1. The number of anilines is 1. The monoisotopic (exact) mass is 328 g/mol. The molecule has 6 nitrogen and oxygen atoms in total. The summed E-state index contributed by atoms with van der Waals surface area (Å²) in [6, 6.07) is 10.3. The molecule has 1 aromatic carbocycles. The quantitative estimate of drug-likeness (QED) is 0.649. The Bertz CT molecular complexity index is 810. The number of aromatic nitrogens is 2.